The molecule has 0 spiro atoms. The first-order valence-electron chi connectivity index (χ1n) is 8.80. The van der Waals surface area contributed by atoms with Crippen molar-refractivity contribution in [2.75, 3.05) is 32.1 Å². The highest BCUT2D eigenvalue weighted by atomic mass is 35.5. The Bertz CT molecular complexity index is 729. The number of aliphatic hydroxyl groups is 1. The molecule has 1 fully saturated rings. The lowest BCUT2D eigenvalue weighted by Crippen LogP contribution is -2.53. The van der Waals surface area contributed by atoms with Crippen molar-refractivity contribution in [3.8, 4) is 16.9 Å². The predicted molar refractivity (Wildman–Crippen MR) is 110 cm³/mol. The molecule has 1 heterocycles. The number of benzene rings is 2. The van der Waals surface area contributed by atoms with Crippen molar-refractivity contribution in [3.63, 3.8) is 0 Å². The molecule has 3 rings (SSSR count). The van der Waals surface area contributed by atoms with E-state index in [4.69, 9.17) is 4.74 Å². The predicted octanol–water partition coefficient (Wildman–Crippen LogP) is 3.02. The average molecular weight is 392 g/mol. The van der Waals surface area contributed by atoms with Gasteiger partial charge in [-0.1, -0.05) is 24.3 Å². The average Bonchev–Trinajstić information content (AvgIpc) is 2.68. The Kier molecular flexibility index (Phi) is 7.47. The molecule has 1 unspecified atom stereocenters. The highest BCUT2D eigenvalue weighted by Crippen LogP contribution is 2.23. The van der Waals surface area contributed by atoms with Gasteiger partial charge in [-0.25, -0.2) is 4.79 Å². The standard InChI is InChI=1S/C20H25N3O3.ClH/c1-26-18-9-5-16(6-10-18)15-3-7-17(8-4-15)23-19(24)22-14-20(25)11-2-12-21-13-20;/h3-10,21,25H,2,11-14H2,1H3,(H2,22,23,24);1H. The van der Waals surface area contributed by atoms with Crippen LogP contribution in [0.15, 0.2) is 48.5 Å². The zero-order valence-corrected chi connectivity index (χ0v) is 16.1. The molecule has 1 saturated heterocycles. The van der Waals surface area contributed by atoms with Crippen molar-refractivity contribution in [2.24, 2.45) is 0 Å². The third-order valence-electron chi connectivity index (χ3n) is 4.59. The van der Waals surface area contributed by atoms with Crippen LogP contribution in [0.5, 0.6) is 5.75 Å². The Morgan fingerprint density at radius 1 is 1.15 bits per heavy atom. The molecule has 2 aromatic rings. The first kappa shape index (κ1) is 21.0. The highest BCUT2D eigenvalue weighted by Gasteiger charge is 2.29. The third kappa shape index (κ3) is 5.85. The molecule has 0 aliphatic carbocycles. The van der Waals surface area contributed by atoms with E-state index in [1.165, 1.54) is 0 Å². The minimum Gasteiger partial charge on any atom is -0.497 e. The number of amides is 2. The largest absolute Gasteiger partial charge is 0.497 e. The second-order valence-corrected chi connectivity index (χ2v) is 6.62. The van der Waals surface area contributed by atoms with Crippen molar-refractivity contribution in [2.45, 2.75) is 18.4 Å². The molecule has 0 bridgehead atoms. The number of piperidine rings is 1. The molecule has 27 heavy (non-hydrogen) atoms. The number of halogens is 1. The van der Waals surface area contributed by atoms with E-state index >= 15 is 0 Å². The zero-order valence-electron chi connectivity index (χ0n) is 15.3. The van der Waals surface area contributed by atoms with Crippen LogP contribution in [0.2, 0.25) is 0 Å². The number of urea groups is 1. The number of hydrogen-bond donors (Lipinski definition) is 4. The van der Waals surface area contributed by atoms with E-state index in [9.17, 15) is 9.90 Å². The van der Waals surface area contributed by atoms with Gasteiger partial charge in [-0.05, 0) is 54.8 Å². The van der Waals surface area contributed by atoms with Gasteiger partial charge in [0.1, 0.15) is 5.75 Å². The smallest absolute Gasteiger partial charge is 0.319 e. The Morgan fingerprint density at radius 3 is 2.33 bits per heavy atom. The molecule has 7 heteroatoms. The number of nitrogens with one attached hydrogen (secondary N) is 3. The van der Waals surface area contributed by atoms with Crippen LogP contribution in [0, 0.1) is 0 Å². The van der Waals surface area contributed by atoms with Crippen LogP contribution in [0.1, 0.15) is 12.8 Å². The van der Waals surface area contributed by atoms with Gasteiger partial charge in [0.15, 0.2) is 0 Å². The summed E-state index contributed by atoms with van der Waals surface area (Å²) in [5, 5.41) is 19.1. The summed E-state index contributed by atoms with van der Waals surface area (Å²) < 4.78 is 5.17. The number of hydrogen-bond acceptors (Lipinski definition) is 4. The maximum atomic E-state index is 12.1. The molecule has 6 nitrogen and oxygen atoms in total. The van der Waals surface area contributed by atoms with Gasteiger partial charge in [0.2, 0.25) is 0 Å². The van der Waals surface area contributed by atoms with Crippen molar-refractivity contribution in [3.05, 3.63) is 48.5 Å². The van der Waals surface area contributed by atoms with Crippen LogP contribution in [0.25, 0.3) is 11.1 Å². The van der Waals surface area contributed by atoms with Gasteiger partial charge in [-0.15, -0.1) is 12.4 Å². The maximum Gasteiger partial charge on any atom is 0.319 e. The summed E-state index contributed by atoms with van der Waals surface area (Å²) in [5.41, 5.74) is 1.97. The lowest BCUT2D eigenvalue weighted by Gasteiger charge is -2.32. The number of carbonyl (C=O) groups excluding carboxylic acids is 1. The van der Waals surface area contributed by atoms with E-state index in [0.717, 1.165) is 29.8 Å². The topological polar surface area (TPSA) is 82.6 Å². The Labute approximate surface area is 165 Å². The maximum absolute atomic E-state index is 12.1. The fourth-order valence-electron chi connectivity index (χ4n) is 3.05. The lowest BCUT2D eigenvalue weighted by molar-refractivity contribution is 0.0198. The van der Waals surface area contributed by atoms with Crippen LogP contribution in [0.3, 0.4) is 0 Å². The van der Waals surface area contributed by atoms with Crippen molar-refractivity contribution in [1.29, 1.82) is 0 Å². The quantitative estimate of drug-likeness (QED) is 0.631. The second kappa shape index (κ2) is 9.60. The molecule has 146 valence electrons. The van der Waals surface area contributed by atoms with Crippen LogP contribution in [-0.4, -0.2) is 43.5 Å². The zero-order chi connectivity index (χ0) is 18.4. The van der Waals surface area contributed by atoms with Gasteiger partial charge in [0.25, 0.3) is 0 Å². The summed E-state index contributed by atoms with van der Waals surface area (Å²) in [4.78, 5) is 12.1. The molecule has 1 aliphatic heterocycles. The van der Waals surface area contributed by atoms with Crippen LogP contribution >= 0.6 is 12.4 Å². The minimum absolute atomic E-state index is 0. The molecule has 0 saturated carbocycles. The summed E-state index contributed by atoms with van der Waals surface area (Å²) >= 11 is 0. The fourth-order valence-corrected chi connectivity index (χ4v) is 3.05. The second-order valence-electron chi connectivity index (χ2n) is 6.62. The van der Waals surface area contributed by atoms with Crippen molar-refractivity contribution >= 4 is 24.1 Å². The monoisotopic (exact) mass is 391 g/mol. The number of rotatable bonds is 5. The Balaban J connectivity index is 0.00000261. The summed E-state index contributed by atoms with van der Waals surface area (Å²) in [6.07, 6.45) is 1.60. The van der Waals surface area contributed by atoms with Crippen LogP contribution < -0.4 is 20.7 Å². The van der Waals surface area contributed by atoms with Gasteiger partial charge < -0.3 is 25.8 Å². The minimum atomic E-state index is -0.867. The van der Waals surface area contributed by atoms with E-state index < -0.39 is 5.60 Å². The van der Waals surface area contributed by atoms with E-state index in [0.29, 0.717) is 18.7 Å². The molecular weight excluding hydrogens is 366 g/mol. The summed E-state index contributed by atoms with van der Waals surface area (Å²) in [5.74, 6) is 0.818. The number of β-amino-alcohol motifs (C(OH)–C–C–N with tert-alkyl or cyclic N) is 1. The molecule has 0 aromatic heterocycles. The Morgan fingerprint density at radius 2 is 1.78 bits per heavy atom. The summed E-state index contributed by atoms with van der Waals surface area (Å²) in [6, 6.07) is 15.1. The van der Waals surface area contributed by atoms with Crippen LogP contribution in [-0.2, 0) is 0 Å². The molecule has 1 atom stereocenters. The van der Waals surface area contributed by atoms with Gasteiger partial charge in [0.05, 0.1) is 12.7 Å². The van der Waals surface area contributed by atoms with Crippen LogP contribution in [0.4, 0.5) is 10.5 Å². The first-order valence-corrected chi connectivity index (χ1v) is 8.80. The van der Waals surface area contributed by atoms with E-state index in [1.807, 2.05) is 48.5 Å². The highest BCUT2D eigenvalue weighted by molar-refractivity contribution is 5.89. The molecule has 0 radical (unpaired) electrons. The van der Waals surface area contributed by atoms with Gasteiger partial charge in [-0.3, -0.25) is 0 Å². The first-order chi connectivity index (χ1) is 12.6. The molecule has 2 aromatic carbocycles. The number of methoxy groups -OCH3 is 1. The van der Waals surface area contributed by atoms with E-state index in [-0.39, 0.29) is 25.0 Å². The van der Waals surface area contributed by atoms with Gasteiger partial charge in [0, 0.05) is 18.8 Å². The Hall–Kier alpha value is -2.28. The molecule has 1 aliphatic rings. The van der Waals surface area contributed by atoms with E-state index in [1.54, 1.807) is 7.11 Å². The summed E-state index contributed by atoms with van der Waals surface area (Å²) in [6.45, 7) is 1.65. The SMILES string of the molecule is COc1ccc(-c2ccc(NC(=O)NCC3(O)CCCNC3)cc2)cc1.Cl. The molecule has 2 amide bonds. The third-order valence-corrected chi connectivity index (χ3v) is 4.59. The van der Waals surface area contributed by atoms with Gasteiger partial charge in [-0.2, -0.15) is 0 Å². The molecular formula is C20H26ClN3O3. The fraction of sp³-hybridized carbons (Fsp3) is 0.350. The summed E-state index contributed by atoms with van der Waals surface area (Å²) in [7, 11) is 1.64. The van der Waals surface area contributed by atoms with Gasteiger partial charge >= 0.3 is 6.03 Å². The van der Waals surface area contributed by atoms with Crippen molar-refractivity contribution < 1.29 is 14.6 Å². The number of carbonyl (C=O) groups is 1. The number of anilines is 1. The van der Waals surface area contributed by atoms with E-state index in [2.05, 4.69) is 16.0 Å². The van der Waals surface area contributed by atoms with Crippen molar-refractivity contribution in [1.82, 2.24) is 10.6 Å². The normalized spacial score (nSPS) is 18.9. The molecule has 4 N–H and O–H groups in total. The lowest BCUT2D eigenvalue weighted by atomic mass is 9.94. The number of ether oxygens (including phenoxy) is 1.